The van der Waals surface area contributed by atoms with Gasteiger partial charge in [-0.3, -0.25) is 4.79 Å². The molecule has 3 unspecified atom stereocenters. The Bertz CT molecular complexity index is 269. The molecule has 0 aliphatic carbocycles. The lowest BCUT2D eigenvalue weighted by Gasteiger charge is -2.35. The van der Waals surface area contributed by atoms with E-state index in [0.29, 0.717) is 19.4 Å². The molecule has 0 rings (SSSR count). The zero-order valence-corrected chi connectivity index (χ0v) is 12.8. The van der Waals surface area contributed by atoms with E-state index in [1.807, 2.05) is 6.92 Å². The molecular formula is C14H31N3O2. The van der Waals surface area contributed by atoms with Crippen molar-refractivity contribution in [1.82, 2.24) is 5.32 Å². The number of hydrogen-bond donors (Lipinski definition) is 4. The summed E-state index contributed by atoms with van der Waals surface area (Å²) in [5, 5.41) is 13.0. The van der Waals surface area contributed by atoms with Crippen LogP contribution < -0.4 is 16.8 Å². The quantitative estimate of drug-likeness (QED) is 0.471. The third-order valence-electron chi connectivity index (χ3n) is 3.70. The maximum absolute atomic E-state index is 10.7. The first-order chi connectivity index (χ1) is 8.69. The van der Waals surface area contributed by atoms with Crippen molar-refractivity contribution < 1.29 is 9.90 Å². The lowest BCUT2D eigenvalue weighted by atomic mass is 9.77. The second-order valence-corrected chi connectivity index (χ2v) is 6.17. The average Bonchev–Trinajstić information content (AvgIpc) is 2.27. The first-order valence-corrected chi connectivity index (χ1v) is 7.14. The Kier molecular flexibility index (Phi) is 8.22. The summed E-state index contributed by atoms with van der Waals surface area (Å²) in [7, 11) is 0. The van der Waals surface area contributed by atoms with Crippen LogP contribution in [0, 0.1) is 5.41 Å². The van der Waals surface area contributed by atoms with Crippen LogP contribution in [0.3, 0.4) is 0 Å². The second kappa shape index (κ2) is 8.51. The summed E-state index contributed by atoms with van der Waals surface area (Å²) in [6.07, 6.45) is 2.27. The lowest BCUT2D eigenvalue weighted by Crippen LogP contribution is -2.44. The minimum absolute atomic E-state index is 0.0390. The molecule has 3 atom stereocenters. The average molecular weight is 273 g/mol. The van der Waals surface area contributed by atoms with Gasteiger partial charge in [-0.2, -0.15) is 0 Å². The third-order valence-corrected chi connectivity index (χ3v) is 3.70. The number of nitrogens with one attached hydrogen (secondary N) is 1. The highest BCUT2D eigenvalue weighted by molar-refractivity contribution is 5.73. The molecule has 0 aromatic rings. The summed E-state index contributed by atoms with van der Waals surface area (Å²) < 4.78 is 0. The van der Waals surface area contributed by atoms with E-state index in [-0.39, 0.29) is 29.5 Å². The molecule has 5 heteroatoms. The van der Waals surface area contributed by atoms with Crippen molar-refractivity contribution in [2.24, 2.45) is 16.9 Å². The monoisotopic (exact) mass is 273 g/mol. The van der Waals surface area contributed by atoms with Crippen LogP contribution in [0.4, 0.5) is 0 Å². The van der Waals surface area contributed by atoms with Gasteiger partial charge >= 0.3 is 0 Å². The van der Waals surface area contributed by atoms with E-state index >= 15 is 0 Å². The van der Waals surface area contributed by atoms with Crippen LogP contribution in [0.15, 0.2) is 0 Å². The van der Waals surface area contributed by atoms with E-state index in [9.17, 15) is 9.90 Å². The zero-order valence-electron chi connectivity index (χ0n) is 12.8. The van der Waals surface area contributed by atoms with Gasteiger partial charge in [0.1, 0.15) is 0 Å². The van der Waals surface area contributed by atoms with Gasteiger partial charge in [0.2, 0.25) is 5.91 Å². The molecule has 0 aromatic carbocycles. The van der Waals surface area contributed by atoms with Crippen LogP contribution in [-0.4, -0.2) is 35.7 Å². The fourth-order valence-electron chi connectivity index (χ4n) is 2.23. The van der Waals surface area contributed by atoms with Crippen LogP contribution in [0.1, 0.15) is 53.4 Å². The fourth-order valence-corrected chi connectivity index (χ4v) is 2.23. The van der Waals surface area contributed by atoms with Gasteiger partial charge in [-0.15, -0.1) is 0 Å². The molecule has 0 radical (unpaired) electrons. The first-order valence-electron chi connectivity index (χ1n) is 7.14. The predicted octanol–water partition coefficient (Wildman–Crippen LogP) is 0.745. The zero-order chi connectivity index (χ0) is 15.1. The number of hydrogen-bond acceptors (Lipinski definition) is 4. The number of primary amides is 1. The maximum Gasteiger partial charge on any atom is 0.218 e. The van der Waals surface area contributed by atoms with Gasteiger partial charge < -0.3 is 21.9 Å². The minimum atomic E-state index is -0.326. The van der Waals surface area contributed by atoms with Gasteiger partial charge in [0.15, 0.2) is 0 Å². The Hall–Kier alpha value is -0.650. The number of amides is 1. The largest absolute Gasteiger partial charge is 0.393 e. The van der Waals surface area contributed by atoms with E-state index < -0.39 is 0 Å². The molecule has 0 saturated carbocycles. The Balaban J connectivity index is 4.14. The Morgan fingerprint density at radius 3 is 2.47 bits per heavy atom. The van der Waals surface area contributed by atoms with Crippen LogP contribution in [-0.2, 0) is 4.79 Å². The van der Waals surface area contributed by atoms with Crippen molar-refractivity contribution in [3.63, 3.8) is 0 Å². The molecule has 0 fully saturated rings. The predicted molar refractivity (Wildman–Crippen MR) is 78.6 cm³/mol. The topological polar surface area (TPSA) is 101 Å². The molecule has 0 aliphatic rings. The molecule has 0 heterocycles. The minimum Gasteiger partial charge on any atom is -0.393 e. The number of carbonyl (C=O) groups is 1. The molecule has 0 aromatic heterocycles. The van der Waals surface area contributed by atoms with Crippen LogP contribution in [0.5, 0.6) is 0 Å². The van der Waals surface area contributed by atoms with Crippen LogP contribution in [0.2, 0.25) is 0 Å². The van der Waals surface area contributed by atoms with Crippen molar-refractivity contribution in [3.8, 4) is 0 Å². The van der Waals surface area contributed by atoms with Gasteiger partial charge in [-0.05, 0) is 31.6 Å². The maximum atomic E-state index is 10.7. The fraction of sp³-hybridized carbons (Fsp3) is 0.929. The standard InChI is InChI=1S/C14H31N3O2/c1-5-11(18)8-12(15)14(3,4)9-10(2)17-7-6-13(16)19/h10-12,17-18H,5-9,15H2,1-4H3,(H2,16,19). The van der Waals surface area contributed by atoms with Crippen LogP contribution in [0.25, 0.3) is 0 Å². The first kappa shape index (κ1) is 18.4. The summed E-state index contributed by atoms with van der Waals surface area (Å²) in [5.74, 6) is -0.290. The van der Waals surface area contributed by atoms with Gasteiger partial charge in [0, 0.05) is 25.0 Å². The molecule has 0 aliphatic heterocycles. The van der Waals surface area contributed by atoms with Crippen molar-refractivity contribution >= 4 is 5.91 Å². The lowest BCUT2D eigenvalue weighted by molar-refractivity contribution is -0.117. The Labute approximate surface area is 117 Å². The van der Waals surface area contributed by atoms with Crippen molar-refractivity contribution in [1.29, 1.82) is 0 Å². The SMILES string of the molecule is CCC(O)CC(N)C(C)(C)CC(C)NCCC(N)=O. The Morgan fingerprint density at radius 1 is 1.42 bits per heavy atom. The van der Waals surface area contributed by atoms with E-state index in [2.05, 4.69) is 26.1 Å². The van der Waals surface area contributed by atoms with Gasteiger partial charge in [-0.1, -0.05) is 20.8 Å². The number of rotatable bonds is 10. The molecule has 19 heavy (non-hydrogen) atoms. The summed E-state index contributed by atoms with van der Waals surface area (Å²) in [6, 6.07) is 0.224. The number of aliphatic hydroxyl groups excluding tert-OH is 1. The van der Waals surface area contributed by atoms with Gasteiger partial charge in [0.05, 0.1) is 6.10 Å². The highest BCUT2D eigenvalue weighted by Gasteiger charge is 2.29. The van der Waals surface area contributed by atoms with Crippen molar-refractivity contribution in [2.75, 3.05) is 6.54 Å². The Morgan fingerprint density at radius 2 is 2.00 bits per heavy atom. The van der Waals surface area contributed by atoms with Crippen molar-refractivity contribution in [2.45, 2.75) is 71.6 Å². The van der Waals surface area contributed by atoms with E-state index in [1.165, 1.54) is 0 Å². The van der Waals surface area contributed by atoms with E-state index in [4.69, 9.17) is 11.5 Å². The van der Waals surface area contributed by atoms with E-state index in [0.717, 1.165) is 12.8 Å². The number of carbonyl (C=O) groups excluding carboxylic acids is 1. The van der Waals surface area contributed by atoms with E-state index in [1.54, 1.807) is 0 Å². The molecule has 0 bridgehead atoms. The smallest absolute Gasteiger partial charge is 0.218 e. The summed E-state index contributed by atoms with van der Waals surface area (Å²) in [5.41, 5.74) is 11.2. The summed E-state index contributed by atoms with van der Waals surface area (Å²) in [6.45, 7) is 8.86. The highest BCUT2D eigenvalue weighted by Crippen LogP contribution is 2.28. The van der Waals surface area contributed by atoms with Gasteiger partial charge in [-0.25, -0.2) is 0 Å². The summed E-state index contributed by atoms with van der Waals surface area (Å²) >= 11 is 0. The van der Waals surface area contributed by atoms with Crippen molar-refractivity contribution in [3.05, 3.63) is 0 Å². The molecule has 0 spiro atoms. The number of nitrogens with two attached hydrogens (primary N) is 2. The molecule has 1 amide bonds. The molecule has 5 nitrogen and oxygen atoms in total. The third kappa shape index (κ3) is 8.18. The molecule has 6 N–H and O–H groups in total. The summed E-state index contributed by atoms with van der Waals surface area (Å²) in [4.78, 5) is 10.7. The molecule has 0 saturated heterocycles. The van der Waals surface area contributed by atoms with Crippen LogP contribution >= 0.6 is 0 Å². The molecular weight excluding hydrogens is 242 g/mol. The van der Waals surface area contributed by atoms with Gasteiger partial charge in [0.25, 0.3) is 0 Å². The number of aliphatic hydroxyl groups is 1. The second-order valence-electron chi connectivity index (χ2n) is 6.17. The normalized spacial score (nSPS) is 16.9. The molecule has 114 valence electrons. The highest BCUT2D eigenvalue weighted by atomic mass is 16.3.